The number of benzene rings is 2. The van der Waals surface area contributed by atoms with Crippen LogP contribution in [0.2, 0.25) is 0 Å². The Balaban J connectivity index is 1.16. The van der Waals surface area contributed by atoms with E-state index in [1.807, 2.05) is 24.3 Å². The second-order valence-electron chi connectivity index (χ2n) is 11.7. The molecule has 4 aromatic rings. The van der Waals surface area contributed by atoms with Crippen LogP contribution < -0.4 is 15.8 Å². The van der Waals surface area contributed by atoms with Gasteiger partial charge in [-0.1, -0.05) is 24.3 Å². The number of carbonyl (C=O) groups excluding carboxylic acids is 2. The number of aliphatic hydroxyl groups excluding tert-OH is 1. The summed E-state index contributed by atoms with van der Waals surface area (Å²) in [6, 6.07) is 16.6. The minimum Gasteiger partial charge on any atom is -0.392 e. The van der Waals surface area contributed by atoms with E-state index in [4.69, 9.17) is 4.74 Å². The monoisotopic (exact) mass is 606 g/mol. The van der Waals surface area contributed by atoms with Crippen LogP contribution >= 0.6 is 0 Å². The number of fused-ring (bicyclic) bond motifs is 1. The second-order valence-corrected chi connectivity index (χ2v) is 11.7. The Morgan fingerprint density at radius 2 is 1.84 bits per heavy atom. The molecule has 45 heavy (non-hydrogen) atoms. The van der Waals surface area contributed by atoms with E-state index in [0.717, 1.165) is 12.0 Å². The lowest BCUT2D eigenvalue weighted by Gasteiger charge is -2.31. The van der Waals surface area contributed by atoms with E-state index in [1.54, 1.807) is 35.0 Å². The molecule has 1 saturated carbocycles. The first-order valence-corrected chi connectivity index (χ1v) is 15.3. The number of amides is 2. The van der Waals surface area contributed by atoms with E-state index in [2.05, 4.69) is 27.5 Å². The Morgan fingerprint density at radius 3 is 2.58 bits per heavy atom. The van der Waals surface area contributed by atoms with Crippen molar-refractivity contribution in [1.29, 1.82) is 0 Å². The van der Waals surface area contributed by atoms with E-state index in [9.17, 15) is 19.5 Å². The molecule has 0 atom stereocenters. The number of pyridine rings is 1. The molecule has 0 bridgehead atoms. The molecular formula is C34H34N6O5. The summed E-state index contributed by atoms with van der Waals surface area (Å²) >= 11 is 0. The number of aryl methyl sites for hydroxylation is 1. The van der Waals surface area contributed by atoms with Gasteiger partial charge in [0.15, 0.2) is 0 Å². The van der Waals surface area contributed by atoms with Gasteiger partial charge in [0.2, 0.25) is 0 Å². The lowest BCUT2D eigenvalue weighted by molar-refractivity contribution is 0.0302. The first-order valence-electron chi connectivity index (χ1n) is 15.3. The predicted octanol–water partition coefficient (Wildman–Crippen LogP) is 3.63. The lowest BCUT2D eigenvalue weighted by atomic mass is 9.93. The molecule has 2 amide bonds. The number of rotatable bonds is 7. The number of morpholine rings is 1. The summed E-state index contributed by atoms with van der Waals surface area (Å²) < 4.78 is 6.55. The van der Waals surface area contributed by atoms with Gasteiger partial charge in [-0.2, -0.15) is 5.10 Å². The Morgan fingerprint density at radius 1 is 1.02 bits per heavy atom. The van der Waals surface area contributed by atoms with Crippen LogP contribution in [0.1, 0.15) is 56.2 Å². The van der Waals surface area contributed by atoms with Crippen molar-refractivity contribution in [3.63, 3.8) is 0 Å². The zero-order valence-electron chi connectivity index (χ0n) is 25.0. The largest absolute Gasteiger partial charge is 0.392 e. The molecule has 230 valence electrons. The van der Waals surface area contributed by atoms with Crippen molar-refractivity contribution in [3.05, 3.63) is 99.0 Å². The van der Waals surface area contributed by atoms with Gasteiger partial charge in [-0.05, 0) is 66.6 Å². The summed E-state index contributed by atoms with van der Waals surface area (Å²) in [6.07, 6.45) is 4.63. The first-order chi connectivity index (χ1) is 21.9. The topological polar surface area (TPSA) is 130 Å². The van der Waals surface area contributed by atoms with Crippen LogP contribution in [0.4, 0.5) is 17.2 Å². The quantitative estimate of drug-likeness (QED) is 0.326. The number of ether oxygens (including phenoxy) is 1. The van der Waals surface area contributed by atoms with Gasteiger partial charge in [0.05, 0.1) is 36.8 Å². The van der Waals surface area contributed by atoms with Crippen LogP contribution in [0.15, 0.2) is 65.6 Å². The van der Waals surface area contributed by atoms with Crippen LogP contribution in [0, 0.1) is 0 Å². The Bertz CT molecular complexity index is 1840. The highest BCUT2D eigenvalue weighted by Gasteiger charge is 2.30. The van der Waals surface area contributed by atoms with E-state index in [1.165, 1.54) is 29.3 Å². The summed E-state index contributed by atoms with van der Waals surface area (Å²) in [5.41, 5.74) is 5.60. The van der Waals surface area contributed by atoms with Gasteiger partial charge in [0.25, 0.3) is 17.4 Å². The van der Waals surface area contributed by atoms with Gasteiger partial charge >= 0.3 is 0 Å². The van der Waals surface area contributed by atoms with Crippen LogP contribution in [0.3, 0.4) is 0 Å². The summed E-state index contributed by atoms with van der Waals surface area (Å²) in [4.78, 5) is 47.4. The molecule has 3 aliphatic rings. The Labute approximate surface area is 260 Å². The van der Waals surface area contributed by atoms with Crippen LogP contribution in [0.5, 0.6) is 0 Å². The van der Waals surface area contributed by atoms with Gasteiger partial charge in [-0.3, -0.25) is 14.4 Å². The van der Waals surface area contributed by atoms with Crippen LogP contribution in [-0.4, -0.2) is 69.4 Å². The van der Waals surface area contributed by atoms with E-state index in [-0.39, 0.29) is 29.7 Å². The standard InChI is InChI=1S/C34H34N6O5/c1-38-34(44)29(36-31-10-8-24(19-35-31)32(42)39-13-15-45-16-14-39)18-28(37-38)26-3-2-4-30(27(26)20-41)40-12-11-23-17-22(21-5-6-21)7-9-25(23)33(40)43/h2-4,7-10,17-19,21,41H,5-6,11-16,20H2,1H3,(H,35,36). The number of nitrogens with one attached hydrogen (secondary N) is 1. The summed E-state index contributed by atoms with van der Waals surface area (Å²) in [5, 5.41) is 18.1. The average Bonchev–Trinajstić information content (AvgIpc) is 3.93. The smallest absolute Gasteiger partial charge is 0.290 e. The third-order valence-electron chi connectivity index (χ3n) is 8.77. The molecule has 2 aromatic carbocycles. The van der Waals surface area contributed by atoms with Crippen molar-refractivity contribution in [2.24, 2.45) is 7.05 Å². The van der Waals surface area contributed by atoms with Gasteiger partial charge in [-0.15, -0.1) is 0 Å². The normalized spacial score (nSPS) is 16.4. The fraction of sp³-hybridized carbons (Fsp3) is 0.324. The molecule has 0 spiro atoms. The number of hydrogen-bond acceptors (Lipinski definition) is 8. The molecule has 11 heteroatoms. The second kappa shape index (κ2) is 11.9. The van der Waals surface area contributed by atoms with Crippen molar-refractivity contribution < 1.29 is 19.4 Å². The highest BCUT2D eigenvalue weighted by Crippen LogP contribution is 2.41. The highest BCUT2D eigenvalue weighted by atomic mass is 16.5. The van der Waals surface area contributed by atoms with E-state index >= 15 is 0 Å². The number of nitrogens with zero attached hydrogens (tertiary/aromatic N) is 5. The van der Waals surface area contributed by atoms with Crippen molar-refractivity contribution in [2.75, 3.05) is 43.1 Å². The third kappa shape index (κ3) is 5.60. The molecule has 0 unspecified atom stereocenters. The molecule has 4 heterocycles. The number of hydrogen-bond donors (Lipinski definition) is 2. The highest BCUT2D eigenvalue weighted by molar-refractivity contribution is 6.09. The fourth-order valence-electron chi connectivity index (χ4n) is 6.15. The Hall–Kier alpha value is -4.87. The van der Waals surface area contributed by atoms with E-state index in [0.29, 0.717) is 78.2 Å². The van der Waals surface area contributed by atoms with Gasteiger partial charge in [0, 0.05) is 49.6 Å². The van der Waals surface area contributed by atoms with Crippen molar-refractivity contribution in [3.8, 4) is 11.3 Å². The molecule has 2 aromatic heterocycles. The summed E-state index contributed by atoms with van der Waals surface area (Å²) in [5.74, 6) is 0.799. The molecule has 11 nitrogen and oxygen atoms in total. The van der Waals surface area contributed by atoms with Gasteiger partial charge in [0.1, 0.15) is 11.5 Å². The van der Waals surface area contributed by atoms with E-state index < -0.39 is 0 Å². The third-order valence-corrected chi connectivity index (χ3v) is 8.77. The summed E-state index contributed by atoms with van der Waals surface area (Å²) in [7, 11) is 1.55. The number of aliphatic hydroxyl groups is 1. The number of anilines is 3. The predicted molar refractivity (Wildman–Crippen MR) is 169 cm³/mol. The van der Waals surface area contributed by atoms with Gasteiger partial charge < -0.3 is 25.0 Å². The molecule has 0 radical (unpaired) electrons. The SMILES string of the molecule is Cn1nc(-c2cccc(N3CCc4cc(C5CC5)ccc4C3=O)c2CO)cc(Nc2ccc(C(=O)N3CCOCC3)cn2)c1=O. The maximum Gasteiger partial charge on any atom is 0.290 e. The maximum absolute atomic E-state index is 13.7. The molecule has 7 rings (SSSR count). The molecular weight excluding hydrogens is 572 g/mol. The zero-order valence-corrected chi connectivity index (χ0v) is 25.0. The number of aromatic nitrogens is 3. The fourth-order valence-corrected chi connectivity index (χ4v) is 6.15. The average molecular weight is 607 g/mol. The minimum absolute atomic E-state index is 0.0946. The van der Waals surface area contributed by atoms with Crippen molar-refractivity contribution >= 4 is 29.0 Å². The lowest BCUT2D eigenvalue weighted by Crippen LogP contribution is -2.40. The van der Waals surface area contributed by atoms with Crippen molar-refractivity contribution in [2.45, 2.75) is 31.8 Å². The van der Waals surface area contributed by atoms with Crippen LogP contribution in [0.25, 0.3) is 11.3 Å². The molecule has 1 saturated heterocycles. The molecule has 1 aliphatic carbocycles. The molecule has 2 aliphatic heterocycles. The van der Waals surface area contributed by atoms with Gasteiger partial charge in [-0.25, -0.2) is 9.67 Å². The van der Waals surface area contributed by atoms with Crippen molar-refractivity contribution in [1.82, 2.24) is 19.7 Å². The first kappa shape index (κ1) is 28.9. The number of carbonyl (C=O) groups is 2. The molecule has 2 fully saturated rings. The summed E-state index contributed by atoms with van der Waals surface area (Å²) in [6.45, 7) is 2.27. The minimum atomic E-state index is -0.371. The Kier molecular flexibility index (Phi) is 7.64. The molecule has 2 N–H and O–H groups in total. The maximum atomic E-state index is 13.7. The zero-order chi connectivity index (χ0) is 31.1. The van der Waals surface area contributed by atoms with Crippen LogP contribution in [-0.2, 0) is 24.8 Å².